The molecule has 7 heteroatoms. The predicted octanol–water partition coefficient (Wildman–Crippen LogP) is 3.90. The Kier molecular flexibility index (Phi) is 7.42. The molecule has 0 spiro atoms. The number of para-hydroxylation sites is 2. The van der Waals surface area contributed by atoms with Crippen molar-refractivity contribution in [1.82, 2.24) is 0 Å². The monoisotopic (exact) mass is 359 g/mol. The van der Waals surface area contributed by atoms with Gasteiger partial charge in [-0.15, -0.1) is 0 Å². The SMILES string of the molecule is CCOc1ccccc1OCCCC(=O)OCc1ccc([N+](=O)[O-])cc1. The molecule has 0 aromatic heterocycles. The fraction of sp³-hybridized carbons (Fsp3) is 0.316. The van der Waals surface area contributed by atoms with Crippen LogP contribution in [-0.4, -0.2) is 24.1 Å². The van der Waals surface area contributed by atoms with Gasteiger partial charge in [0.05, 0.1) is 18.1 Å². The highest BCUT2D eigenvalue weighted by molar-refractivity contribution is 5.69. The van der Waals surface area contributed by atoms with Crippen molar-refractivity contribution in [3.05, 3.63) is 64.2 Å². The van der Waals surface area contributed by atoms with Gasteiger partial charge < -0.3 is 14.2 Å². The molecule has 0 aliphatic carbocycles. The Bertz CT molecular complexity index is 729. The second-order valence-corrected chi connectivity index (χ2v) is 5.42. The van der Waals surface area contributed by atoms with Gasteiger partial charge in [0.2, 0.25) is 0 Å². The molecular formula is C19H21NO6. The van der Waals surface area contributed by atoms with Crippen LogP contribution < -0.4 is 9.47 Å². The summed E-state index contributed by atoms with van der Waals surface area (Å²) < 4.78 is 16.3. The van der Waals surface area contributed by atoms with Crippen LogP contribution in [0.1, 0.15) is 25.3 Å². The van der Waals surface area contributed by atoms with Crippen LogP contribution in [0.5, 0.6) is 11.5 Å². The number of nitro benzene ring substituents is 1. The Balaban J connectivity index is 1.68. The number of nitrogens with zero attached hydrogens (tertiary/aromatic N) is 1. The van der Waals surface area contributed by atoms with Crippen molar-refractivity contribution in [2.75, 3.05) is 13.2 Å². The zero-order chi connectivity index (χ0) is 18.8. The Morgan fingerprint density at radius 1 is 1.04 bits per heavy atom. The second kappa shape index (κ2) is 10.0. The quantitative estimate of drug-likeness (QED) is 0.277. The number of carbonyl (C=O) groups is 1. The number of benzene rings is 2. The molecule has 0 N–H and O–H groups in total. The van der Waals surface area contributed by atoms with Crippen molar-refractivity contribution in [3.63, 3.8) is 0 Å². The molecule has 2 rings (SSSR count). The zero-order valence-corrected chi connectivity index (χ0v) is 14.6. The topological polar surface area (TPSA) is 87.9 Å². The minimum atomic E-state index is -0.473. The van der Waals surface area contributed by atoms with E-state index in [0.29, 0.717) is 36.7 Å². The van der Waals surface area contributed by atoms with Crippen molar-refractivity contribution < 1.29 is 23.9 Å². The highest BCUT2D eigenvalue weighted by Gasteiger charge is 2.08. The van der Waals surface area contributed by atoms with Gasteiger partial charge in [-0.05, 0) is 43.2 Å². The van der Waals surface area contributed by atoms with Crippen LogP contribution in [0, 0.1) is 10.1 Å². The highest BCUT2D eigenvalue weighted by atomic mass is 16.6. The normalized spacial score (nSPS) is 10.2. The number of hydrogen-bond donors (Lipinski definition) is 0. The molecule has 0 heterocycles. The Hall–Kier alpha value is -3.09. The summed E-state index contributed by atoms with van der Waals surface area (Å²) in [7, 11) is 0. The largest absolute Gasteiger partial charge is 0.490 e. The van der Waals surface area contributed by atoms with Crippen LogP contribution in [0.25, 0.3) is 0 Å². The summed E-state index contributed by atoms with van der Waals surface area (Å²) in [4.78, 5) is 21.9. The lowest BCUT2D eigenvalue weighted by Crippen LogP contribution is -2.07. The third-order valence-electron chi connectivity index (χ3n) is 3.48. The van der Waals surface area contributed by atoms with Gasteiger partial charge in [0.15, 0.2) is 11.5 Å². The van der Waals surface area contributed by atoms with Crippen molar-refractivity contribution in [2.45, 2.75) is 26.4 Å². The molecule has 0 unspecified atom stereocenters. The summed E-state index contributed by atoms with van der Waals surface area (Å²) in [6.45, 7) is 2.91. The van der Waals surface area contributed by atoms with Crippen LogP contribution in [0.2, 0.25) is 0 Å². The average Bonchev–Trinajstić information content (AvgIpc) is 2.65. The van der Waals surface area contributed by atoms with E-state index in [1.165, 1.54) is 12.1 Å². The van der Waals surface area contributed by atoms with E-state index in [9.17, 15) is 14.9 Å². The fourth-order valence-electron chi connectivity index (χ4n) is 2.19. The zero-order valence-electron chi connectivity index (χ0n) is 14.6. The molecule has 2 aromatic carbocycles. The van der Waals surface area contributed by atoms with E-state index < -0.39 is 4.92 Å². The number of ether oxygens (including phenoxy) is 3. The molecule has 0 saturated heterocycles. The van der Waals surface area contributed by atoms with E-state index in [-0.39, 0.29) is 24.7 Å². The maximum Gasteiger partial charge on any atom is 0.306 e. The standard InChI is InChI=1S/C19H21NO6/c1-2-24-17-6-3-4-7-18(17)25-13-5-8-19(21)26-14-15-9-11-16(12-10-15)20(22)23/h3-4,6-7,9-12H,2,5,8,13-14H2,1H3. The number of esters is 1. The van der Waals surface area contributed by atoms with Gasteiger partial charge >= 0.3 is 5.97 Å². The van der Waals surface area contributed by atoms with Crippen LogP contribution in [-0.2, 0) is 16.1 Å². The van der Waals surface area contributed by atoms with Gasteiger partial charge in [0, 0.05) is 18.6 Å². The van der Waals surface area contributed by atoms with Crippen molar-refractivity contribution in [2.24, 2.45) is 0 Å². The van der Waals surface area contributed by atoms with Gasteiger partial charge in [-0.3, -0.25) is 14.9 Å². The van der Waals surface area contributed by atoms with Crippen molar-refractivity contribution >= 4 is 11.7 Å². The minimum Gasteiger partial charge on any atom is -0.490 e. The first-order valence-corrected chi connectivity index (χ1v) is 8.33. The van der Waals surface area contributed by atoms with Crippen molar-refractivity contribution in [3.8, 4) is 11.5 Å². The number of nitro groups is 1. The lowest BCUT2D eigenvalue weighted by molar-refractivity contribution is -0.384. The molecule has 0 fully saturated rings. The molecule has 0 amide bonds. The highest BCUT2D eigenvalue weighted by Crippen LogP contribution is 2.26. The molecule has 0 radical (unpaired) electrons. The Labute approximate surface area is 151 Å². The number of non-ortho nitro benzene ring substituents is 1. The molecule has 0 saturated carbocycles. The lowest BCUT2D eigenvalue weighted by Gasteiger charge is -2.11. The number of rotatable bonds is 10. The van der Waals surface area contributed by atoms with Gasteiger partial charge in [-0.2, -0.15) is 0 Å². The molecule has 0 bridgehead atoms. The average molecular weight is 359 g/mol. The molecule has 0 aliphatic rings. The first kappa shape index (κ1) is 19.2. The summed E-state index contributed by atoms with van der Waals surface area (Å²) in [5.41, 5.74) is 0.704. The van der Waals surface area contributed by atoms with E-state index in [0.717, 1.165) is 0 Å². The van der Waals surface area contributed by atoms with Crippen LogP contribution in [0.4, 0.5) is 5.69 Å². The summed E-state index contributed by atoms with van der Waals surface area (Å²) in [6.07, 6.45) is 0.739. The van der Waals surface area contributed by atoms with Gasteiger partial charge in [0.1, 0.15) is 6.61 Å². The fourth-order valence-corrected chi connectivity index (χ4v) is 2.19. The summed E-state index contributed by atoms with van der Waals surface area (Å²) >= 11 is 0. The molecule has 0 aliphatic heterocycles. The van der Waals surface area contributed by atoms with E-state index in [1.807, 2.05) is 31.2 Å². The third kappa shape index (κ3) is 6.08. The predicted molar refractivity (Wildman–Crippen MR) is 95.2 cm³/mol. The number of carbonyl (C=O) groups excluding carboxylic acids is 1. The van der Waals surface area contributed by atoms with Gasteiger partial charge in [-0.25, -0.2) is 0 Å². The first-order valence-electron chi connectivity index (χ1n) is 8.33. The van der Waals surface area contributed by atoms with Crippen molar-refractivity contribution in [1.29, 1.82) is 0 Å². The molecule has 2 aromatic rings. The third-order valence-corrected chi connectivity index (χ3v) is 3.48. The van der Waals surface area contributed by atoms with E-state index in [2.05, 4.69) is 0 Å². The Morgan fingerprint density at radius 3 is 2.31 bits per heavy atom. The van der Waals surface area contributed by atoms with E-state index in [1.54, 1.807) is 12.1 Å². The molecular weight excluding hydrogens is 338 g/mol. The van der Waals surface area contributed by atoms with Gasteiger partial charge in [-0.1, -0.05) is 12.1 Å². The molecule has 0 atom stereocenters. The maximum atomic E-state index is 11.8. The summed E-state index contributed by atoms with van der Waals surface area (Å²) in [5, 5.41) is 10.6. The summed E-state index contributed by atoms with van der Waals surface area (Å²) in [6, 6.07) is 13.3. The van der Waals surface area contributed by atoms with E-state index >= 15 is 0 Å². The van der Waals surface area contributed by atoms with Crippen LogP contribution in [0.3, 0.4) is 0 Å². The maximum absolute atomic E-state index is 11.8. The van der Waals surface area contributed by atoms with Gasteiger partial charge in [0.25, 0.3) is 5.69 Å². The summed E-state index contributed by atoms with van der Waals surface area (Å²) in [5.74, 6) is 0.981. The minimum absolute atomic E-state index is 0.00422. The molecule has 138 valence electrons. The lowest BCUT2D eigenvalue weighted by atomic mass is 10.2. The second-order valence-electron chi connectivity index (χ2n) is 5.42. The van der Waals surface area contributed by atoms with Crippen LogP contribution in [0.15, 0.2) is 48.5 Å². The first-order chi connectivity index (χ1) is 12.6. The molecule has 26 heavy (non-hydrogen) atoms. The number of hydrogen-bond acceptors (Lipinski definition) is 6. The van der Waals surface area contributed by atoms with E-state index in [4.69, 9.17) is 14.2 Å². The van der Waals surface area contributed by atoms with Crippen LogP contribution >= 0.6 is 0 Å². The molecule has 7 nitrogen and oxygen atoms in total. The smallest absolute Gasteiger partial charge is 0.306 e. The Morgan fingerprint density at radius 2 is 1.69 bits per heavy atom.